The minimum absolute atomic E-state index is 0.209. The molecule has 0 saturated heterocycles. The van der Waals surface area contributed by atoms with Crippen molar-refractivity contribution >= 4 is 11.4 Å². The van der Waals surface area contributed by atoms with Gasteiger partial charge in [-0.3, -0.25) is 0 Å². The summed E-state index contributed by atoms with van der Waals surface area (Å²) < 4.78 is 0. The second kappa shape index (κ2) is 3.33. The molecule has 2 rings (SSSR count). The molecular formula is C12H18N2O. The summed E-state index contributed by atoms with van der Waals surface area (Å²) >= 11 is 0. The molecule has 1 aromatic carbocycles. The van der Waals surface area contributed by atoms with Crippen molar-refractivity contribution in [2.75, 3.05) is 30.4 Å². The summed E-state index contributed by atoms with van der Waals surface area (Å²) in [6.07, 6.45) is 0. The molecule has 1 aromatic rings. The van der Waals surface area contributed by atoms with Crippen LogP contribution in [0.15, 0.2) is 18.2 Å². The van der Waals surface area contributed by atoms with Crippen LogP contribution in [0.2, 0.25) is 0 Å². The number of rotatable bonds is 0. The third-order valence-corrected chi connectivity index (χ3v) is 2.82. The quantitative estimate of drug-likeness (QED) is 0.683. The lowest BCUT2D eigenvalue weighted by atomic mass is 9.93. The molecule has 0 radical (unpaired) electrons. The van der Waals surface area contributed by atoms with Crippen LogP contribution in [-0.2, 0) is 0 Å². The van der Waals surface area contributed by atoms with E-state index in [0.717, 1.165) is 24.5 Å². The highest BCUT2D eigenvalue weighted by Crippen LogP contribution is 2.38. The van der Waals surface area contributed by atoms with Crippen molar-refractivity contribution in [3.05, 3.63) is 18.2 Å². The number of nitrogens with one attached hydrogen (secondary N) is 1. The molecule has 0 fully saturated rings. The standard InChI is InChI=1S/C12H18N2O/c1-12(2)7-13-9-5-4-6-10(15)11(9)14(3)8-12/h4-6,13,15H,7-8H2,1-3H3. The maximum Gasteiger partial charge on any atom is 0.141 e. The van der Waals surface area contributed by atoms with E-state index in [1.54, 1.807) is 6.07 Å². The Morgan fingerprint density at radius 2 is 2.13 bits per heavy atom. The number of aromatic hydroxyl groups is 1. The lowest BCUT2D eigenvalue weighted by molar-refractivity contribution is 0.401. The zero-order valence-electron chi connectivity index (χ0n) is 9.54. The van der Waals surface area contributed by atoms with Crippen LogP contribution in [0.25, 0.3) is 0 Å². The van der Waals surface area contributed by atoms with E-state index in [1.807, 2.05) is 19.2 Å². The second-order valence-electron chi connectivity index (χ2n) is 5.05. The van der Waals surface area contributed by atoms with Crippen LogP contribution >= 0.6 is 0 Å². The predicted octanol–water partition coefficient (Wildman–Crippen LogP) is 2.28. The van der Waals surface area contributed by atoms with E-state index in [0.29, 0.717) is 5.75 Å². The number of para-hydroxylation sites is 1. The number of phenolic OH excluding ortho intramolecular Hbond substituents is 1. The van der Waals surface area contributed by atoms with Crippen LogP contribution in [-0.4, -0.2) is 25.2 Å². The maximum atomic E-state index is 9.84. The number of anilines is 2. The number of benzene rings is 1. The Morgan fingerprint density at radius 3 is 2.87 bits per heavy atom. The van der Waals surface area contributed by atoms with Gasteiger partial charge in [0.25, 0.3) is 0 Å². The van der Waals surface area contributed by atoms with Gasteiger partial charge in [0.05, 0.1) is 5.69 Å². The first-order chi connectivity index (χ1) is 6.99. The molecule has 0 bridgehead atoms. The number of nitrogens with zero attached hydrogens (tertiary/aromatic N) is 1. The molecule has 0 aliphatic carbocycles. The zero-order chi connectivity index (χ0) is 11.1. The summed E-state index contributed by atoms with van der Waals surface area (Å²) in [7, 11) is 2.02. The van der Waals surface area contributed by atoms with Crippen LogP contribution in [0, 0.1) is 5.41 Å². The Labute approximate surface area is 90.7 Å². The highest BCUT2D eigenvalue weighted by molar-refractivity contribution is 5.77. The van der Waals surface area contributed by atoms with E-state index in [2.05, 4.69) is 24.1 Å². The van der Waals surface area contributed by atoms with Crippen molar-refractivity contribution in [2.45, 2.75) is 13.8 Å². The van der Waals surface area contributed by atoms with E-state index >= 15 is 0 Å². The Kier molecular flexibility index (Phi) is 2.25. The highest BCUT2D eigenvalue weighted by Gasteiger charge is 2.26. The average molecular weight is 206 g/mol. The molecule has 1 aliphatic heterocycles. The van der Waals surface area contributed by atoms with Gasteiger partial charge in [0.2, 0.25) is 0 Å². The van der Waals surface area contributed by atoms with Crippen molar-refractivity contribution < 1.29 is 5.11 Å². The Bertz CT molecular complexity index is 374. The molecular weight excluding hydrogens is 188 g/mol. The number of fused-ring (bicyclic) bond motifs is 1. The SMILES string of the molecule is CN1CC(C)(C)CNc2cccc(O)c21. The monoisotopic (exact) mass is 206 g/mol. The van der Waals surface area contributed by atoms with Crippen molar-refractivity contribution in [2.24, 2.45) is 5.41 Å². The van der Waals surface area contributed by atoms with E-state index in [9.17, 15) is 5.11 Å². The zero-order valence-corrected chi connectivity index (χ0v) is 9.54. The van der Waals surface area contributed by atoms with Gasteiger partial charge in [-0.05, 0) is 17.5 Å². The lowest BCUT2D eigenvalue weighted by Gasteiger charge is -2.27. The van der Waals surface area contributed by atoms with Crippen molar-refractivity contribution in [1.29, 1.82) is 0 Å². The van der Waals surface area contributed by atoms with Crippen molar-refractivity contribution in [1.82, 2.24) is 0 Å². The predicted molar refractivity (Wildman–Crippen MR) is 63.6 cm³/mol. The normalized spacial score (nSPS) is 19.0. The van der Waals surface area contributed by atoms with Crippen molar-refractivity contribution in [3.8, 4) is 5.75 Å². The van der Waals surface area contributed by atoms with Crippen LogP contribution in [0.3, 0.4) is 0 Å². The van der Waals surface area contributed by atoms with Gasteiger partial charge in [0.1, 0.15) is 11.4 Å². The molecule has 3 heteroatoms. The van der Waals surface area contributed by atoms with Gasteiger partial charge in [0, 0.05) is 20.1 Å². The second-order valence-corrected chi connectivity index (χ2v) is 5.05. The molecule has 2 N–H and O–H groups in total. The summed E-state index contributed by atoms with van der Waals surface area (Å²) in [4.78, 5) is 2.12. The third-order valence-electron chi connectivity index (χ3n) is 2.82. The fourth-order valence-electron chi connectivity index (χ4n) is 2.19. The Hall–Kier alpha value is -1.38. The van der Waals surface area contributed by atoms with Gasteiger partial charge in [-0.1, -0.05) is 19.9 Å². The van der Waals surface area contributed by atoms with Crippen LogP contribution in [0.5, 0.6) is 5.75 Å². The average Bonchev–Trinajstić information content (AvgIpc) is 2.24. The summed E-state index contributed by atoms with van der Waals surface area (Å²) in [6.45, 7) is 6.30. The first-order valence-electron chi connectivity index (χ1n) is 5.27. The fraction of sp³-hybridized carbons (Fsp3) is 0.500. The van der Waals surface area contributed by atoms with Gasteiger partial charge >= 0.3 is 0 Å². The smallest absolute Gasteiger partial charge is 0.141 e. The maximum absolute atomic E-state index is 9.84. The largest absolute Gasteiger partial charge is 0.506 e. The number of hydrogen-bond acceptors (Lipinski definition) is 3. The van der Waals surface area contributed by atoms with E-state index in [1.165, 1.54) is 0 Å². The minimum atomic E-state index is 0.209. The molecule has 1 aliphatic rings. The molecule has 0 atom stereocenters. The van der Waals surface area contributed by atoms with Crippen LogP contribution in [0.1, 0.15) is 13.8 Å². The molecule has 15 heavy (non-hydrogen) atoms. The summed E-state index contributed by atoms with van der Waals surface area (Å²) in [5.41, 5.74) is 2.13. The topological polar surface area (TPSA) is 35.5 Å². The summed E-state index contributed by atoms with van der Waals surface area (Å²) in [5, 5.41) is 13.2. The molecule has 1 heterocycles. The molecule has 0 spiro atoms. The first-order valence-corrected chi connectivity index (χ1v) is 5.27. The minimum Gasteiger partial charge on any atom is -0.506 e. The lowest BCUT2D eigenvalue weighted by Crippen LogP contribution is -2.33. The molecule has 3 nitrogen and oxygen atoms in total. The number of hydrogen-bond donors (Lipinski definition) is 2. The van der Waals surface area contributed by atoms with Gasteiger partial charge in [-0.25, -0.2) is 0 Å². The third kappa shape index (κ3) is 1.87. The fourth-order valence-corrected chi connectivity index (χ4v) is 2.19. The number of phenols is 1. The van der Waals surface area contributed by atoms with E-state index in [4.69, 9.17) is 0 Å². The van der Waals surface area contributed by atoms with Crippen LogP contribution in [0.4, 0.5) is 11.4 Å². The van der Waals surface area contributed by atoms with Gasteiger partial charge in [0.15, 0.2) is 0 Å². The van der Waals surface area contributed by atoms with Crippen LogP contribution < -0.4 is 10.2 Å². The Morgan fingerprint density at radius 1 is 1.40 bits per heavy atom. The molecule has 82 valence electrons. The molecule has 0 amide bonds. The molecule has 0 unspecified atom stereocenters. The van der Waals surface area contributed by atoms with E-state index in [-0.39, 0.29) is 5.41 Å². The van der Waals surface area contributed by atoms with E-state index < -0.39 is 0 Å². The van der Waals surface area contributed by atoms with Crippen molar-refractivity contribution in [3.63, 3.8) is 0 Å². The summed E-state index contributed by atoms with van der Waals surface area (Å²) in [5.74, 6) is 0.347. The Balaban J connectivity index is 2.44. The van der Waals surface area contributed by atoms with Gasteiger partial charge in [-0.15, -0.1) is 0 Å². The van der Waals surface area contributed by atoms with Gasteiger partial charge in [-0.2, -0.15) is 0 Å². The molecule has 0 saturated carbocycles. The van der Waals surface area contributed by atoms with Gasteiger partial charge < -0.3 is 15.3 Å². The molecule has 0 aromatic heterocycles. The highest BCUT2D eigenvalue weighted by atomic mass is 16.3. The first kappa shape index (κ1) is 10.1. The summed E-state index contributed by atoms with van der Waals surface area (Å²) in [6, 6.07) is 5.61.